The van der Waals surface area contributed by atoms with E-state index in [1.807, 2.05) is 30.9 Å². The van der Waals surface area contributed by atoms with Crippen molar-refractivity contribution >= 4 is 17.2 Å². The van der Waals surface area contributed by atoms with Gasteiger partial charge in [0.25, 0.3) is 0 Å². The Bertz CT molecular complexity index is 888. The van der Waals surface area contributed by atoms with E-state index in [2.05, 4.69) is 18.4 Å². The Labute approximate surface area is 165 Å². The van der Waals surface area contributed by atoms with Crippen LogP contribution in [0.25, 0.3) is 5.57 Å². The Hall–Kier alpha value is -2.59. The molecule has 0 aromatic heterocycles. The lowest BCUT2D eigenvalue weighted by atomic mass is 9.88. The van der Waals surface area contributed by atoms with Crippen molar-refractivity contribution < 1.29 is 24.5 Å². The van der Waals surface area contributed by atoms with Crippen LogP contribution >= 0.6 is 0 Å². The summed E-state index contributed by atoms with van der Waals surface area (Å²) in [5.41, 5.74) is 3.44. The lowest BCUT2D eigenvalue weighted by Crippen LogP contribution is -2.48. The molecule has 1 aromatic rings. The van der Waals surface area contributed by atoms with Gasteiger partial charge in [0.2, 0.25) is 0 Å². The van der Waals surface area contributed by atoms with E-state index in [4.69, 9.17) is 14.6 Å². The number of anilines is 1. The summed E-state index contributed by atoms with van der Waals surface area (Å²) >= 11 is 0. The van der Waals surface area contributed by atoms with E-state index in [0.29, 0.717) is 38.2 Å². The molecule has 0 saturated carbocycles. The number of benzene rings is 1. The number of carboxylic acid groups (broad SMARTS) is 1. The van der Waals surface area contributed by atoms with Gasteiger partial charge in [-0.2, -0.15) is 0 Å². The molecule has 6 nitrogen and oxygen atoms in total. The summed E-state index contributed by atoms with van der Waals surface area (Å²) in [7, 11) is 0. The third kappa shape index (κ3) is 3.97. The standard InChI is InChI=1S/C22H25NO5/c1-15-18-12-16(7-4-5-9-27-10-6-8-24)11-17-14-28-22(2,3)23(20(17)18)13-19(15)21(25)26/h11-13,24H,1,5-6,8-10,14H2,2-3H3,(H,25,26). The van der Waals surface area contributed by atoms with Crippen molar-refractivity contribution in [1.29, 1.82) is 0 Å². The highest BCUT2D eigenvalue weighted by Crippen LogP contribution is 2.45. The van der Waals surface area contributed by atoms with Crippen molar-refractivity contribution in [3.63, 3.8) is 0 Å². The first-order valence-electron chi connectivity index (χ1n) is 9.27. The zero-order chi connectivity index (χ0) is 20.3. The van der Waals surface area contributed by atoms with E-state index in [9.17, 15) is 9.90 Å². The minimum absolute atomic E-state index is 0.121. The average Bonchev–Trinajstić information content (AvgIpc) is 2.65. The number of aliphatic carboxylic acids is 1. The topological polar surface area (TPSA) is 79.2 Å². The smallest absolute Gasteiger partial charge is 0.337 e. The van der Waals surface area contributed by atoms with Gasteiger partial charge < -0.3 is 24.6 Å². The lowest BCUT2D eigenvalue weighted by molar-refractivity contribution is -0.132. The normalized spacial score (nSPS) is 16.8. The minimum Gasteiger partial charge on any atom is -0.478 e. The Morgan fingerprint density at radius 3 is 2.89 bits per heavy atom. The van der Waals surface area contributed by atoms with Crippen molar-refractivity contribution in [2.75, 3.05) is 24.7 Å². The summed E-state index contributed by atoms with van der Waals surface area (Å²) in [6.07, 6.45) is 2.80. The molecule has 0 amide bonds. The molecule has 2 aliphatic rings. The molecule has 0 saturated heterocycles. The van der Waals surface area contributed by atoms with Gasteiger partial charge in [-0.05, 0) is 38.0 Å². The largest absolute Gasteiger partial charge is 0.478 e. The number of aliphatic hydroxyl groups is 1. The predicted octanol–water partition coefficient (Wildman–Crippen LogP) is 2.90. The van der Waals surface area contributed by atoms with E-state index in [0.717, 1.165) is 22.4 Å². The van der Waals surface area contributed by atoms with Crippen LogP contribution in [-0.4, -0.2) is 41.7 Å². The van der Waals surface area contributed by atoms with Gasteiger partial charge in [0.1, 0.15) is 5.72 Å². The van der Waals surface area contributed by atoms with E-state index in [1.165, 1.54) is 0 Å². The van der Waals surface area contributed by atoms with Crippen molar-refractivity contribution in [3.8, 4) is 11.8 Å². The Balaban J connectivity index is 1.89. The molecule has 2 N–H and O–H groups in total. The summed E-state index contributed by atoms with van der Waals surface area (Å²) in [5, 5.41) is 18.3. The van der Waals surface area contributed by atoms with E-state index >= 15 is 0 Å². The Kier molecular flexibility index (Phi) is 5.90. The number of aliphatic hydroxyl groups excluding tert-OH is 1. The first-order valence-corrected chi connectivity index (χ1v) is 9.27. The van der Waals surface area contributed by atoms with Crippen molar-refractivity contribution in [3.05, 3.63) is 47.2 Å². The first-order chi connectivity index (χ1) is 13.3. The average molecular weight is 383 g/mol. The van der Waals surface area contributed by atoms with Gasteiger partial charge in [0, 0.05) is 42.5 Å². The van der Waals surface area contributed by atoms with Gasteiger partial charge in [-0.3, -0.25) is 0 Å². The van der Waals surface area contributed by atoms with Crippen LogP contribution in [0, 0.1) is 11.8 Å². The van der Waals surface area contributed by atoms with Crippen LogP contribution < -0.4 is 4.90 Å². The molecule has 2 aliphatic heterocycles. The predicted molar refractivity (Wildman–Crippen MR) is 107 cm³/mol. The van der Waals surface area contributed by atoms with Crippen LogP contribution in [0.5, 0.6) is 0 Å². The summed E-state index contributed by atoms with van der Waals surface area (Å²) in [5.74, 6) is 5.18. The fraction of sp³-hybridized carbons (Fsp3) is 0.409. The summed E-state index contributed by atoms with van der Waals surface area (Å²) in [6, 6.07) is 3.87. The van der Waals surface area contributed by atoms with E-state index in [-0.39, 0.29) is 12.2 Å². The molecule has 0 atom stereocenters. The van der Waals surface area contributed by atoms with Gasteiger partial charge in [-0.1, -0.05) is 18.4 Å². The van der Waals surface area contributed by atoms with Crippen LogP contribution in [0.4, 0.5) is 5.69 Å². The van der Waals surface area contributed by atoms with Gasteiger partial charge >= 0.3 is 5.97 Å². The third-order valence-electron chi connectivity index (χ3n) is 4.78. The summed E-state index contributed by atoms with van der Waals surface area (Å²) in [6.45, 7) is 9.41. The zero-order valence-electron chi connectivity index (χ0n) is 16.2. The molecule has 2 heterocycles. The lowest BCUT2D eigenvalue weighted by Gasteiger charge is -2.46. The van der Waals surface area contributed by atoms with Crippen LogP contribution in [0.1, 0.15) is 43.4 Å². The van der Waals surface area contributed by atoms with Crippen LogP contribution in [0.2, 0.25) is 0 Å². The number of hydrogen-bond acceptors (Lipinski definition) is 5. The van der Waals surface area contributed by atoms with Gasteiger partial charge in [-0.15, -0.1) is 0 Å². The highest BCUT2D eigenvalue weighted by Gasteiger charge is 2.39. The zero-order valence-corrected chi connectivity index (χ0v) is 16.2. The van der Waals surface area contributed by atoms with E-state index in [1.54, 1.807) is 6.20 Å². The van der Waals surface area contributed by atoms with Gasteiger partial charge in [0.05, 0.1) is 24.5 Å². The van der Waals surface area contributed by atoms with Crippen molar-refractivity contribution in [2.45, 2.75) is 39.0 Å². The van der Waals surface area contributed by atoms with Crippen LogP contribution in [0.15, 0.2) is 30.5 Å². The molecule has 0 unspecified atom stereocenters. The maximum absolute atomic E-state index is 11.7. The number of ether oxygens (including phenoxy) is 2. The number of carbonyl (C=O) groups is 1. The number of rotatable bonds is 6. The van der Waals surface area contributed by atoms with Gasteiger partial charge in [0.15, 0.2) is 0 Å². The minimum atomic E-state index is -1.02. The fourth-order valence-electron chi connectivity index (χ4n) is 3.30. The van der Waals surface area contributed by atoms with Crippen LogP contribution in [-0.2, 0) is 20.9 Å². The van der Waals surface area contributed by atoms with Gasteiger partial charge in [-0.25, -0.2) is 4.79 Å². The molecule has 0 radical (unpaired) electrons. The van der Waals surface area contributed by atoms with Crippen LogP contribution in [0.3, 0.4) is 0 Å². The highest BCUT2D eigenvalue weighted by atomic mass is 16.5. The van der Waals surface area contributed by atoms with Crippen molar-refractivity contribution in [1.82, 2.24) is 0 Å². The molecule has 0 bridgehead atoms. The number of nitrogens with zero attached hydrogens (tertiary/aromatic N) is 1. The second kappa shape index (κ2) is 8.19. The second-order valence-electron chi connectivity index (χ2n) is 7.20. The number of hydrogen-bond donors (Lipinski definition) is 2. The molecule has 0 spiro atoms. The molecule has 28 heavy (non-hydrogen) atoms. The molecule has 1 aromatic carbocycles. The van der Waals surface area contributed by atoms with Crippen molar-refractivity contribution in [2.24, 2.45) is 0 Å². The molecular weight excluding hydrogens is 358 g/mol. The van der Waals surface area contributed by atoms with E-state index < -0.39 is 11.7 Å². The molecule has 148 valence electrons. The maximum Gasteiger partial charge on any atom is 0.337 e. The highest BCUT2D eigenvalue weighted by molar-refractivity contribution is 6.09. The Morgan fingerprint density at radius 2 is 2.18 bits per heavy atom. The summed E-state index contributed by atoms with van der Waals surface area (Å²) < 4.78 is 11.3. The molecule has 0 aliphatic carbocycles. The fourth-order valence-corrected chi connectivity index (χ4v) is 3.30. The monoisotopic (exact) mass is 383 g/mol. The molecule has 0 fully saturated rings. The molecule has 6 heteroatoms. The quantitative estimate of drug-likeness (QED) is 0.581. The molecular formula is C22H25NO5. The third-order valence-corrected chi connectivity index (χ3v) is 4.78. The first kappa shape index (κ1) is 20.2. The molecule has 3 rings (SSSR count). The Morgan fingerprint density at radius 1 is 1.39 bits per heavy atom. The SMILES string of the molecule is C=C1C(C(=O)O)=CN2c3c(cc(C#CCCOCCCO)cc31)COC2(C)C. The second-order valence-corrected chi connectivity index (χ2v) is 7.20. The number of carboxylic acids is 1. The maximum atomic E-state index is 11.7. The summed E-state index contributed by atoms with van der Waals surface area (Å²) in [4.78, 5) is 13.6.